The maximum atomic E-state index is 10.6. The Morgan fingerprint density at radius 3 is 2.64 bits per heavy atom. The lowest BCUT2D eigenvalue weighted by atomic mass is 10.3. The summed E-state index contributed by atoms with van der Waals surface area (Å²) in [5, 5.41) is 6.89. The third-order valence-electron chi connectivity index (χ3n) is 1.06. The number of hydrogen-bond donors (Lipinski definition) is 2. The van der Waals surface area contributed by atoms with Crippen molar-refractivity contribution >= 4 is 23.3 Å². The second-order valence-corrected chi connectivity index (χ2v) is 2.22. The van der Waals surface area contributed by atoms with Gasteiger partial charge in [0.25, 0.3) is 5.91 Å². The average Bonchev–Trinajstić information content (AvgIpc) is 1.94. The Kier molecular flexibility index (Phi) is 1.91. The lowest BCUT2D eigenvalue weighted by molar-refractivity contribution is 0.100. The quantitative estimate of drug-likeness (QED) is 0.614. The second kappa shape index (κ2) is 2.71. The van der Waals surface area contributed by atoms with Gasteiger partial charge in [0.15, 0.2) is 11.0 Å². The summed E-state index contributed by atoms with van der Waals surface area (Å²) in [5.41, 5.74) is 10.3. The number of carbonyl (C=O) groups excluding carboxylic acids is 1. The van der Waals surface area contributed by atoms with Crippen LogP contribution in [0.15, 0.2) is 6.07 Å². The molecule has 0 saturated carbocycles. The van der Waals surface area contributed by atoms with Gasteiger partial charge in [-0.2, -0.15) is 0 Å². The fraction of sp³-hybridized carbons (Fsp3) is 0. The van der Waals surface area contributed by atoms with E-state index in [1.807, 2.05) is 0 Å². The number of nitrogens with zero attached hydrogens (tertiary/aromatic N) is 2. The molecule has 6 heteroatoms. The number of aromatic nitrogens is 2. The summed E-state index contributed by atoms with van der Waals surface area (Å²) in [4.78, 5) is 10.6. The molecule has 1 heterocycles. The highest BCUT2D eigenvalue weighted by Gasteiger charge is 2.07. The molecule has 1 aromatic heterocycles. The Labute approximate surface area is 67.3 Å². The van der Waals surface area contributed by atoms with E-state index in [4.69, 9.17) is 23.1 Å². The van der Waals surface area contributed by atoms with Gasteiger partial charge in [-0.1, -0.05) is 11.6 Å². The van der Waals surface area contributed by atoms with Gasteiger partial charge in [0, 0.05) is 0 Å². The van der Waals surface area contributed by atoms with E-state index in [1.54, 1.807) is 0 Å². The molecule has 0 unspecified atom stereocenters. The van der Waals surface area contributed by atoms with Crippen LogP contribution in [0.25, 0.3) is 0 Å². The van der Waals surface area contributed by atoms with Crippen LogP contribution < -0.4 is 11.5 Å². The molecular weight excluding hydrogens is 168 g/mol. The Morgan fingerprint density at radius 1 is 1.55 bits per heavy atom. The lowest BCUT2D eigenvalue weighted by Gasteiger charge is -1.97. The van der Waals surface area contributed by atoms with Crippen molar-refractivity contribution in [2.24, 2.45) is 5.73 Å². The molecule has 1 rings (SSSR count). The van der Waals surface area contributed by atoms with Gasteiger partial charge in [-0.15, -0.1) is 10.2 Å². The molecule has 0 fully saturated rings. The minimum Gasteiger partial charge on any atom is -0.382 e. The SMILES string of the molecule is NC(=O)c1cc(Cl)nnc1N. The minimum absolute atomic E-state index is 0.0121. The van der Waals surface area contributed by atoms with Crippen molar-refractivity contribution in [3.63, 3.8) is 0 Å². The third-order valence-corrected chi connectivity index (χ3v) is 1.24. The zero-order valence-electron chi connectivity index (χ0n) is 5.41. The lowest BCUT2D eigenvalue weighted by Crippen LogP contribution is -2.14. The van der Waals surface area contributed by atoms with Crippen LogP contribution in [0, 0.1) is 0 Å². The topological polar surface area (TPSA) is 94.9 Å². The first-order chi connectivity index (χ1) is 5.11. The molecule has 0 spiro atoms. The third kappa shape index (κ3) is 1.56. The smallest absolute Gasteiger partial charge is 0.252 e. The van der Waals surface area contributed by atoms with Crippen molar-refractivity contribution in [2.75, 3.05) is 5.73 Å². The predicted octanol–water partition coefficient (Wildman–Crippen LogP) is -0.189. The van der Waals surface area contributed by atoms with Crippen LogP contribution >= 0.6 is 11.6 Å². The molecule has 0 aromatic carbocycles. The van der Waals surface area contributed by atoms with Crippen LogP contribution in [-0.2, 0) is 0 Å². The highest BCUT2D eigenvalue weighted by Crippen LogP contribution is 2.10. The molecule has 0 atom stereocenters. The number of hydrogen-bond acceptors (Lipinski definition) is 4. The summed E-state index contributed by atoms with van der Waals surface area (Å²) in [6.07, 6.45) is 0. The van der Waals surface area contributed by atoms with Gasteiger partial charge in [-0.25, -0.2) is 0 Å². The number of amides is 1. The summed E-state index contributed by atoms with van der Waals surface area (Å²) < 4.78 is 0. The van der Waals surface area contributed by atoms with Crippen molar-refractivity contribution in [3.8, 4) is 0 Å². The maximum absolute atomic E-state index is 10.6. The Balaban J connectivity index is 3.23. The first kappa shape index (κ1) is 7.74. The maximum Gasteiger partial charge on any atom is 0.252 e. The van der Waals surface area contributed by atoms with E-state index in [1.165, 1.54) is 6.07 Å². The van der Waals surface area contributed by atoms with E-state index in [0.717, 1.165) is 0 Å². The van der Waals surface area contributed by atoms with E-state index in [0.29, 0.717) is 0 Å². The average molecular weight is 173 g/mol. The number of anilines is 1. The first-order valence-corrected chi connectivity index (χ1v) is 3.07. The summed E-state index contributed by atoms with van der Waals surface area (Å²) in [7, 11) is 0. The van der Waals surface area contributed by atoms with Crippen LogP contribution in [0.1, 0.15) is 10.4 Å². The van der Waals surface area contributed by atoms with Crippen molar-refractivity contribution in [1.29, 1.82) is 0 Å². The minimum atomic E-state index is -0.667. The molecule has 1 aromatic rings. The molecule has 0 aliphatic carbocycles. The van der Waals surface area contributed by atoms with Gasteiger partial charge in [0.2, 0.25) is 0 Å². The molecule has 11 heavy (non-hydrogen) atoms. The van der Waals surface area contributed by atoms with Gasteiger partial charge in [-0.3, -0.25) is 4.79 Å². The van der Waals surface area contributed by atoms with Crippen molar-refractivity contribution in [3.05, 3.63) is 16.8 Å². The largest absolute Gasteiger partial charge is 0.382 e. The van der Waals surface area contributed by atoms with Gasteiger partial charge >= 0.3 is 0 Å². The van der Waals surface area contributed by atoms with Crippen LogP contribution in [-0.4, -0.2) is 16.1 Å². The van der Waals surface area contributed by atoms with Gasteiger partial charge in [0.1, 0.15) is 0 Å². The standard InChI is InChI=1S/C5H5ClN4O/c6-3-1-2(5(8)11)4(7)10-9-3/h1H,(H2,7,10)(H2,8,11). The summed E-state index contributed by atoms with van der Waals surface area (Å²) in [6, 6.07) is 1.27. The highest BCUT2D eigenvalue weighted by atomic mass is 35.5. The second-order valence-electron chi connectivity index (χ2n) is 1.83. The summed E-state index contributed by atoms with van der Waals surface area (Å²) >= 11 is 5.42. The molecule has 1 amide bonds. The molecule has 0 aliphatic heterocycles. The zero-order chi connectivity index (χ0) is 8.43. The Morgan fingerprint density at radius 2 is 2.18 bits per heavy atom. The Bertz CT molecular complexity index is 301. The van der Waals surface area contributed by atoms with Crippen molar-refractivity contribution in [2.45, 2.75) is 0 Å². The molecule has 0 aliphatic rings. The number of rotatable bonds is 1. The van der Waals surface area contributed by atoms with E-state index in [9.17, 15) is 4.79 Å². The van der Waals surface area contributed by atoms with E-state index in [-0.39, 0.29) is 16.5 Å². The number of primary amides is 1. The van der Waals surface area contributed by atoms with Crippen molar-refractivity contribution in [1.82, 2.24) is 10.2 Å². The summed E-state index contributed by atoms with van der Waals surface area (Å²) in [5.74, 6) is -0.679. The molecule has 58 valence electrons. The molecule has 0 bridgehead atoms. The predicted molar refractivity (Wildman–Crippen MR) is 40.0 cm³/mol. The monoisotopic (exact) mass is 172 g/mol. The highest BCUT2D eigenvalue weighted by molar-refractivity contribution is 6.29. The van der Waals surface area contributed by atoms with Gasteiger partial charge in [0.05, 0.1) is 5.56 Å². The van der Waals surface area contributed by atoms with Gasteiger partial charge in [-0.05, 0) is 6.07 Å². The van der Waals surface area contributed by atoms with Crippen LogP contribution in [0.3, 0.4) is 0 Å². The van der Waals surface area contributed by atoms with Crippen LogP contribution in [0.5, 0.6) is 0 Å². The number of nitrogen functional groups attached to an aromatic ring is 1. The fourth-order valence-electron chi connectivity index (χ4n) is 0.575. The van der Waals surface area contributed by atoms with Gasteiger partial charge < -0.3 is 11.5 Å². The molecule has 5 nitrogen and oxygen atoms in total. The van der Waals surface area contributed by atoms with E-state index >= 15 is 0 Å². The molecule has 0 saturated heterocycles. The molecule has 4 N–H and O–H groups in total. The number of halogens is 1. The summed E-state index contributed by atoms with van der Waals surface area (Å²) in [6.45, 7) is 0. The molecular formula is C5H5ClN4O. The number of carbonyl (C=O) groups is 1. The fourth-order valence-corrected chi connectivity index (χ4v) is 0.722. The molecule has 0 radical (unpaired) electrons. The first-order valence-electron chi connectivity index (χ1n) is 2.70. The zero-order valence-corrected chi connectivity index (χ0v) is 6.17. The number of nitrogens with two attached hydrogens (primary N) is 2. The van der Waals surface area contributed by atoms with E-state index in [2.05, 4.69) is 10.2 Å². The van der Waals surface area contributed by atoms with Crippen LogP contribution in [0.2, 0.25) is 5.15 Å². The Hall–Kier alpha value is -1.36. The van der Waals surface area contributed by atoms with E-state index < -0.39 is 5.91 Å². The normalized spacial score (nSPS) is 9.55. The van der Waals surface area contributed by atoms with Crippen LogP contribution in [0.4, 0.5) is 5.82 Å². The van der Waals surface area contributed by atoms with Crippen molar-refractivity contribution < 1.29 is 4.79 Å².